The fourth-order valence-corrected chi connectivity index (χ4v) is 4.29. The van der Waals surface area contributed by atoms with Crippen LogP contribution < -0.4 is 10.6 Å². The number of ether oxygens (including phenoxy) is 1. The van der Waals surface area contributed by atoms with Gasteiger partial charge < -0.3 is 19.9 Å². The van der Waals surface area contributed by atoms with E-state index < -0.39 is 5.97 Å². The van der Waals surface area contributed by atoms with Gasteiger partial charge in [0.25, 0.3) is 5.91 Å². The number of halogens is 2. The Labute approximate surface area is 222 Å². The van der Waals surface area contributed by atoms with E-state index in [0.29, 0.717) is 33.8 Å². The van der Waals surface area contributed by atoms with Crippen molar-refractivity contribution in [1.29, 1.82) is 0 Å². The number of esters is 1. The summed E-state index contributed by atoms with van der Waals surface area (Å²) in [6.45, 7) is 6.25. The zero-order valence-electron chi connectivity index (χ0n) is 19.3. The van der Waals surface area contributed by atoms with Gasteiger partial charge in [0, 0.05) is 17.3 Å². The van der Waals surface area contributed by atoms with E-state index in [9.17, 15) is 14.4 Å². The number of nitrogens with one attached hydrogen (secondary N) is 2. The minimum absolute atomic E-state index is 0.0711. The Kier molecular flexibility index (Phi) is 9.92. The number of rotatable bonds is 11. The zero-order chi connectivity index (χ0) is 26.1. The average Bonchev–Trinajstić information content (AvgIpc) is 3.23. The number of hydrogen-bond donors (Lipinski definition) is 2. The molecule has 2 N–H and O–H groups in total. The highest BCUT2D eigenvalue weighted by Crippen LogP contribution is 2.22. The van der Waals surface area contributed by atoms with Crippen LogP contribution in [0.4, 0.5) is 5.69 Å². The van der Waals surface area contributed by atoms with Crippen molar-refractivity contribution < 1.29 is 19.1 Å². The van der Waals surface area contributed by atoms with Gasteiger partial charge in [-0.3, -0.25) is 9.59 Å². The molecule has 0 spiro atoms. The Hall–Kier alpha value is -3.34. The van der Waals surface area contributed by atoms with Crippen LogP contribution in [0.5, 0.6) is 0 Å². The number of benzene rings is 2. The van der Waals surface area contributed by atoms with Gasteiger partial charge in [0.1, 0.15) is 0 Å². The highest BCUT2D eigenvalue weighted by molar-refractivity contribution is 7.99. The third-order valence-corrected chi connectivity index (χ3v) is 6.21. The number of thioether (sulfide) groups is 1. The summed E-state index contributed by atoms with van der Waals surface area (Å²) in [5, 5.41) is 15.0. The standard InChI is InChI=1S/C24H23Cl2N5O4S/c1-3-11-31-20(13-27-22(33)18-10-7-16(25)12-19(18)26)29-30-24(31)36-14-21(32)28-17-8-5-15(6-9-17)23(34)35-4-2/h3,5-10,12H,1,4,11,13-14H2,2H3,(H,27,33)(H,28,32). The minimum Gasteiger partial charge on any atom is -0.462 e. The highest BCUT2D eigenvalue weighted by atomic mass is 35.5. The van der Waals surface area contributed by atoms with Crippen LogP contribution in [0, 0.1) is 0 Å². The first-order valence-electron chi connectivity index (χ1n) is 10.8. The van der Waals surface area contributed by atoms with E-state index in [-0.39, 0.29) is 41.3 Å². The van der Waals surface area contributed by atoms with Crippen molar-refractivity contribution in [2.45, 2.75) is 25.2 Å². The summed E-state index contributed by atoms with van der Waals surface area (Å²) in [7, 11) is 0. The Balaban J connectivity index is 1.58. The number of hydrogen-bond acceptors (Lipinski definition) is 7. The summed E-state index contributed by atoms with van der Waals surface area (Å²) in [5.74, 6) is -0.500. The van der Waals surface area contributed by atoms with Crippen LogP contribution in [0.1, 0.15) is 33.5 Å². The van der Waals surface area contributed by atoms with Crippen molar-refractivity contribution in [3.05, 3.63) is 82.1 Å². The number of allylic oxidation sites excluding steroid dienone is 1. The molecule has 1 heterocycles. The van der Waals surface area contributed by atoms with Gasteiger partial charge in [-0.2, -0.15) is 0 Å². The number of anilines is 1. The Morgan fingerprint density at radius 3 is 2.56 bits per heavy atom. The molecule has 1 aromatic heterocycles. The summed E-state index contributed by atoms with van der Waals surface area (Å²) >= 11 is 13.2. The number of amides is 2. The highest BCUT2D eigenvalue weighted by Gasteiger charge is 2.16. The predicted octanol–water partition coefficient (Wildman–Crippen LogP) is 4.61. The van der Waals surface area contributed by atoms with Gasteiger partial charge in [-0.25, -0.2) is 4.79 Å². The monoisotopic (exact) mass is 547 g/mol. The van der Waals surface area contributed by atoms with Crippen LogP contribution in [-0.2, 0) is 22.6 Å². The number of carbonyl (C=O) groups is 3. The van der Waals surface area contributed by atoms with E-state index in [1.807, 2.05) is 0 Å². The van der Waals surface area contributed by atoms with Gasteiger partial charge in [0.05, 0.1) is 35.1 Å². The smallest absolute Gasteiger partial charge is 0.338 e. The lowest BCUT2D eigenvalue weighted by atomic mass is 10.2. The lowest BCUT2D eigenvalue weighted by molar-refractivity contribution is -0.113. The third kappa shape index (κ3) is 7.33. The van der Waals surface area contributed by atoms with E-state index >= 15 is 0 Å². The summed E-state index contributed by atoms with van der Waals surface area (Å²) in [5.41, 5.74) is 1.24. The first-order valence-corrected chi connectivity index (χ1v) is 12.5. The van der Waals surface area contributed by atoms with Crippen molar-refractivity contribution in [1.82, 2.24) is 20.1 Å². The maximum Gasteiger partial charge on any atom is 0.338 e. The number of carbonyl (C=O) groups excluding carboxylic acids is 3. The molecule has 0 bridgehead atoms. The van der Waals surface area contributed by atoms with Crippen molar-refractivity contribution in [3.63, 3.8) is 0 Å². The molecule has 0 aliphatic heterocycles. The number of aromatic nitrogens is 3. The Morgan fingerprint density at radius 1 is 1.14 bits per heavy atom. The molecule has 3 aromatic rings. The summed E-state index contributed by atoms with van der Waals surface area (Å²) in [6.07, 6.45) is 1.67. The predicted molar refractivity (Wildman–Crippen MR) is 140 cm³/mol. The molecular weight excluding hydrogens is 525 g/mol. The van der Waals surface area contributed by atoms with Crippen LogP contribution in [-0.4, -0.2) is 44.9 Å². The Morgan fingerprint density at radius 2 is 1.89 bits per heavy atom. The van der Waals surface area contributed by atoms with E-state index in [1.165, 1.54) is 17.8 Å². The van der Waals surface area contributed by atoms with Crippen molar-refractivity contribution in [2.24, 2.45) is 0 Å². The van der Waals surface area contributed by atoms with Crippen molar-refractivity contribution in [3.8, 4) is 0 Å². The van der Waals surface area contributed by atoms with Crippen molar-refractivity contribution >= 4 is 58.4 Å². The second-order valence-corrected chi connectivity index (χ2v) is 9.03. The molecule has 0 aliphatic carbocycles. The first-order chi connectivity index (χ1) is 17.3. The molecule has 0 unspecified atom stereocenters. The molecule has 188 valence electrons. The lowest BCUT2D eigenvalue weighted by Crippen LogP contribution is -2.25. The van der Waals surface area contributed by atoms with E-state index in [1.54, 1.807) is 54.0 Å². The fourth-order valence-electron chi connectivity index (χ4n) is 3.03. The largest absolute Gasteiger partial charge is 0.462 e. The van der Waals surface area contributed by atoms with Gasteiger partial charge in [0.2, 0.25) is 5.91 Å². The molecule has 0 fully saturated rings. The quantitative estimate of drug-likeness (QED) is 0.204. The van der Waals surface area contributed by atoms with Crippen LogP contribution in [0.25, 0.3) is 0 Å². The van der Waals surface area contributed by atoms with E-state index in [4.69, 9.17) is 27.9 Å². The number of nitrogens with zero attached hydrogens (tertiary/aromatic N) is 3. The molecule has 2 amide bonds. The summed E-state index contributed by atoms with van der Waals surface area (Å²) in [4.78, 5) is 36.7. The van der Waals surface area contributed by atoms with Crippen LogP contribution in [0.15, 0.2) is 60.3 Å². The Bertz CT molecular complexity index is 1260. The molecule has 9 nitrogen and oxygen atoms in total. The molecule has 3 rings (SSSR count). The topological polar surface area (TPSA) is 115 Å². The normalized spacial score (nSPS) is 10.5. The second kappa shape index (κ2) is 13.1. The SMILES string of the molecule is C=CCn1c(CNC(=O)c2ccc(Cl)cc2Cl)nnc1SCC(=O)Nc1ccc(C(=O)OCC)cc1. The van der Waals surface area contributed by atoms with E-state index in [0.717, 1.165) is 0 Å². The lowest BCUT2D eigenvalue weighted by Gasteiger charge is -2.10. The fraction of sp³-hybridized carbons (Fsp3) is 0.208. The molecule has 36 heavy (non-hydrogen) atoms. The zero-order valence-corrected chi connectivity index (χ0v) is 21.6. The van der Waals surface area contributed by atoms with E-state index in [2.05, 4.69) is 27.4 Å². The maximum absolute atomic E-state index is 12.5. The molecule has 0 aliphatic rings. The van der Waals surface area contributed by atoms with Gasteiger partial charge in [-0.05, 0) is 49.4 Å². The summed E-state index contributed by atoms with van der Waals surface area (Å²) < 4.78 is 6.70. The van der Waals surface area contributed by atoms with Crippen LogP contribution in [0.2, 0.25) is 10.0 Å². The second-order valence-electron chi connectivity index (χ2n) is 7.24. The van der Waals surface area contributed by atoms with Crippen LogP contribution in [0.3, 0.4) is 0 Å². The molecule has 0 saturated carbocycles. The van der Waals surface area contributed by atoms with Gasteiger partial charge in [-0.1, -0.05) is 41.0 Å². The summed E-state index contributed by atoms with van der Waals surface area (Å²) in [6, 6.07) is 11.0. The van der Waals surface area contributed by atoms with Gasteiger partial charge in [0.15, 0.2) is 11.0 Å². The minimum atomic E-state index is -0.421. The maximum atomic E-state index is 12.5. The molecule has 0 atom stereocenters. The molecular formula is C24H23Cl2N5O4S. The molecule has 0 saturated heterocycles. The first kappa shape index (κ1) is 27.3. The third-order valence-electron chi connectivity index (χ3n) is 4.70. The average molecular weight is 548 g/mol. The van der Waals surface area contributed by atoms with Gasteiger partial charge >= 0.3 is 5.97 Å². The molecule has 12 heteroatoms. The van der Waals surface area contributed by atoms with Crippen LogP contribution >= 0.6 is 35.0 Å². The van der Waals surface area contributed by atoms with Gasteiger partial charge in [-0.15, -0.1) is 16.8 Å². The molecule has 0 radical (unpaired) electrons. The molecule has 2 aromatic carbocycles. The van der Waals surface area contributed by atoms with Crippen molar-refractivity contribution in [2.75, 3.05) is 17.7 Å².